The van der Waals surface area contributed by atoms with Gasteiger partial charge in [-0.15, -0.1) is 0 Å². The quantitative estimate of drug-likeness (QED) is 0.799. The lowest BCUT2D eigenvalue weighted by atomic mass is 9.89. The standard InChI is InChI=1S/C18H12N2O2S/c21-15-9-11(17(22)13-6-2-1-5-12(13)15)10-19-18-20-14-7-3-4-8-16(14)23-18/h1-9H,10H2,(H,19,20). The summed E-state index contributed by atoms with van der Waals surface area (Å²) in [7, 11) is 0. The number of nitrogens with zero attached hydrogens (tertiary/aromatic N) is 1. The first-order valence-electron chi connectivity index (χ1n) is 7.20. The second kappa shape index (κ2) is 5.44. The van der Waals surface area contributed by atoms with E-state index >= 15 is 0 Å². The molecule has 1 aliphatic carbocycles. The smallest absolute Gasteiger partial charge is 0.191 e. The highest BCUT2D eigenvalue weighted by molar-refractivity contribution is 7.22. The number of nitrogens with one attached hydrogen (secondary N) is 1. The van der Waals surface area contributed by atoms with Gasteiger partial charge in [-0.25, -0.2) is 4.98 Å². The Morgan fingerprint density at radius 2 is 1.70 bits per heavy atom. The lowest BCUT2D eigenvalue weighted by molar-refractivity contribution is 0.0984. The number of hydrogen-bond acceptors (Lipinski definition) is 5. The highest BCUT2D eigenvalue weighted by atomic mass is 32.1. The number of rotatable bonds is 3. The molecule has 0 spiro atoms. The molecule has 1 heterocycles. The Morgan fingerprint density at radius 1 is 0.957 bits per heavy atom. The van der Waals surface area contributed by atoms with E-state index < -0.39 is 0 Å². The molecule has 1 aliphatic rings. The maximum atomic E-state index is 12.5. The van der Waals surface area contributed by atoms with Gasteiger partial charge in [0.25, 0.3) is 0 Å². The third-order valence-electron chi connectivity index (χ3n) is 3.76. The zero-order valence-electron chi connectivity index (χ0n) is 12.1. The van der Waals surface area contributed by atoms with E-state index in [2.05, 4.69) is 10.3 Å². The first-order valence-corrected chi connectivity index (χ1v) is 8.02. The molecule has 0 bridgehead atoms. The van der Waals surface area contributed by atoms with Crippen LogP contribution in [0.1, 0.15) is 20.7 Å². The highest BCUT2D eigenvalue weighted by Gasteiger charge is 2.24. The molecule has 0 saturated carbocycles. The van der Waals surface area contributed by atoms with Crippen LogP contribution < -0.4 is 5.32 Å². The second-order valence-electron chi connectivity index (χ2n) is 5.25. The third-order valence-corrected chi connectivity index (χ3v) is 4.75. The van der Waals surface area contributed by atoms with Crippen molar-refractivity contribution < 1.29 is 9.59 Å². The van der Waals surface area contributed by atoms with Gasteiger partial charge >= 0.3 is 0 Å². The van der Waals surface area contributed by atoms with Gasteiger partial charge in [0, 0.05) is 23.2 Å². The van der Waals surface area contributed by atoms with E-state index in [-0.39, 0.29) is 11.6 Å². The van der Waals surface area contributed by atoms with Crippen LogP contribution in [0.4, 0.5) is 5.13 Å². The fourth-order valence-corrected chi connectivity index (χ4v) is 3.48. The summed E-state index contributed by atoms with van der Waals surface area (Å²) >= 11 is 1.53. The molecule has 0 atom stereocenters. The van der Waals surface area contributed by atoms with Gasteiger partial charge in [-0.2, -0.15) is 0 Å². The first kappa shape index (κ1) is 13.8. The Kier molecular flexibility index (Phi) is 3.28. The first-order chi connectivity index (χ1) is 11.2. The molecule has 4 nitrogen and oxygen atoms in total. The van der Waals surface area contributed by atoms with Gasteiger partial charge < -0.3 is 5.32 Å². The summed E-state index contributed by atoms with van der Waals surface area (Å²) in [5, 5.41) is 3.89. The van der Waals surface area contributed by atoms with Crippen LogP contribution >= 0.6 is 11.3 Å². The van der Waals surface area contributed by atoms with Gasteiger partial charge in [-0.05, 0) is 18.2 Å². The van der Waals surface area contributed by atoms with Crippen LogP contribution in [0.15, 0.2) is 60.2 Å². The average Bonchev–Trinajstić information content (AvgIpc) is 3.00. The van der Waals surface area contributed by atoms with Crippen molar-refractivity contribution in [3.05, 3.63) is 71.3 Å². The van der Waals surface area contributed by atoms with Crippen molar-refractivity contribution in [2.24, 2.45) is 0 Å². The Labute approximate surface area is 136 Å². The van der Waals surface area contributed by atoms with Gasteiger partial charge in [-0.3, -0.25) is 9.59 Å². The molecule has 112 valence electrons. The minimum absolute atomic E-state index is 0.103. The molecular formula is C18H12N2O2S. The zero-order chi connectivity index (χ0) is 15.8. The number of hydrogen-bond donors (Lipinski definition) is 1. The van der Waals surface area contributed by atoms with Crippen LogP contribution in [0.3, 0.4) is 0 Å². The fraction of sp³-hybridized carbons (Fsp3) is 0.0556. The summed E-state index contributed by atoms with van der Waals surface area (Å²) in [6.07, 6.45) is 1.42. The van der Waals surface area contributed by atoms with Crippen LogP contribution in [0, 0.1) is 0 Å². The van der Waals surface area contributed by atoms with E-state index in [9.17, 15) is 9.59 Å². The number of anilines is 1. The molecule has 0 radical (unpaired) electrons. The van der Waals surface area contributed by atoms with Gasteiger partial charge in [-0.1, -0.05) is 47.7 Å². The van der Waals surface area contributed by atoms with Crippen molar-refractivity contribution in [2.75, 3.05) is 11.9 Å². The summed E-state index contributed by atoms with van der Waals surface area (Å²) < 4.78 is 1.08. The SMILES string of the molecule is O=C1C=C(CNc2nc3ccccc3s2)C(=O)c2ccccc21. The Hall–Kier alpha value is -2.79. The van der Waals surface area contributed by atoms with Crippen LogP contribution in [0.2, 0.25) is 0 Å². The molecular weight excluding hydrogens is 308 g/mol. The Morgan fingerprint density at radius 3 is 2.52 bits per heavy atom. The second-order valence-corrected chi connectivity index (χ2v) is 6.28. The molecule has 5 heteroatoms. The molecule has 1 aromatic heterocycles. The summed E-state index contributed by atoms with van der Waals surface area (Å²) in [6, 6.07) is 14.8. The van der Waals surface area contributed by atoms with Gasteiger partial charge in [0.05, 0.1) is 10.2 Å². The van der Waals surface area contributed by atoms with Crippen molar-refractivity contribution in [1.82, 2.24) is 4.98 Å². The predicted octanol–water partition coefficient (Wildman–Crippen LogP) is 3.71. The molecule has 1 N–H and O–H groups in total. The van der Waals surface area contributed by atoms with Crippen molar-refractivity contribution in [1.29, 1.82) is 0 Å². The minimum atomic E-state index is -0.124. The molecule has 23 heavy (non-hydrogen) atoms. The lowest BCUT2D eigenvalue weighted by Gasteiger charge is -2.14. The van der Waals surface area contributed by atoms with E-state index in [4.69, 9.17) is 0 Å². The maximum Gasteiger partial charge on any atom is 0.191 e. The number of Topliss-reactive ketones (excluding diaryl/α,β-unsaturated/α-hetero) is 1. The molecule has 0 unspecified atom stereocenters. The number of allylic oxidation sites excluding steroid dienone is 1. The summed E-state index contributed by atoms with van der Waals surface area (Å²) in [4.78, 5) is 29.1. The van der Waals surface area contributed by atoms with Crippen LogP contribution in [0.25, 0.3) is 10.2 Å². The Balaban J connectivity index is 1.57. The molecule has 4 rings (SSSR count). The third kappa shape index (κ3) is 2.45. The van der Waals surface area contributed by atoms with E-state index in [1.807, 2.05) is 24.3 Å². The maximum absolute atomic E-state index is 12.5. The monoisotopic (exact) mass is 320 g/mol. The van der Waals surface area contributed by atoms with E-state index in [0.29, 0.717) is 23.2 Å². The highest BCUT2D eigenvalue weighted by Crippen LogP contribution is 2.26. The van der Waals surface area contributed by atoms with Crippen molar-refractivity contribution in [3.8, 4) is 0 Å². The van der Waals surface area contributed by atoms with E-state index in [0.717, 1.165) is 15.3 Å². The molecule has 2 aromatic carbocycles. The van der Waals surface area contributed by atoms with Crippen molar-refractivity contribution >= 4 is 38.3 Å². The fourth-order valence-electron chi connectivity index (χ4n) is 2.62. The number of aromatic nitrogens is 1. The van der Waals surface area contributed by atoms with Crippen LogP contribution in [0.5, 0.6) is 0 Å². The normalized spacial score (nSPS) is 13.8. The van der Waals surface area contributed by atoms with E-state index in [1.54, 1.807) is 24.3 Å². The van der Waals surface area contributed by atoms with Gasteiger partial charge in [0.2, 0.25) is 0 Å². The number of thiazole rings is 1. The number of para-hydroxylation sites is 1. The number of fused-ring (bicyclic) bond motifs is 2. The summed E-state index contributed by atoms with van der Waals surface area (Å²) in [6.45, 7) is 0.290. The number of ketones is 2. The summed E-state index contributed by atoms with van der Waals surface area (Å²) in [5.74, 6) is -0.227. The molecule has 0 fully saturated rings. The number of carbonyl (C=O) groups excluding carboxylic acids is 2. The number of benzene rings is 2. The van der Waals surface area contributed by atoms with Gasteiger partial charge in [0.15, 0.2) is 16.7 Å². The van der Waals surface area contributed by atoms with Gasteiger partial charge in [0.1, 0.15) is 0 Å². The number of carbonyl (C=O) groups is 2. The van der Waals surface area contributed by atoms with Crippen LogP contribution in [-0.4, -0.2) is 23.1 Å². The molecule has 0 aliphatic heterocycles. The predicted molar refractivity (Wildman–Crippen MR) is 91.3 cm³/mol. The van der Waals surface area contributed by atoms with Crippen molar-refractivity contribution in [2.45, 2.75) is 0 Å². The topological polar surface area (TPSA) is 59.1 Å². The average molecular weight is 320 g/mol. The zero-order valence-corrected chi connectivity index (χ0v) is 12.9. The minimum Gasteiger partial charge on any atom is -0.357 e. The molecule has 0 amide bonds. The largest absolute Gasteiger partial charge is 0.357 e. The summed E-state index contributed by atoms with van der Waals surface area (Å²) in [5.41, 5.74) is 2.33. The van der Waals surface area contributed by atoms with Crippen LogP contribution in [-0.2, 0) is 0 Å². The van der Waals surface area contributed by atoms with Crippen molar-refractivity contribution in [3.63, 3.8) is 0 Å². The molecule has 3 aromatic rings. The molecule has 0 saturated heterocycles. The Bertz CT molecular complexity index is 939. The van der Waals surface area contributed by atoms with E-state index in [1.165, 1.54) is 17.4 Å². The lowest BCUT2D eigenvalue weighted by Crippen LogP contribution is -2.21.